The van der Waals surface area contributed by atoms with E-state index in [0.29, 0.717) is 38.2 Å². The van der Waals surface area contributed by atoms with Crippen molar-refractivity contribution in [2.24, 2.45) is 17.6 Å². The second-order valence-corrected chi connectivity index (χ2v) is 13.7. The topological polar surface area (TPSA) is 177 Å². The summed E-state index contributed by atoms with van der Waals surface area (Å²) in [6.45, 7) is 0.450. The van der Waals surface area contributed by atoms with E-state index in [2.05, 4.69) is 15.4 Å². The molecule has 0 bridgehead atoms. The molecule has 1 saturated heterocycles. The Morgan fingerprint density at radius 3 is 2.62 bits per heavy atom. The molecule has 3 saturated carbocycles. The van der Waals surface area contributed by atoms with E-state index in [1.54, 1.807) is 0 Å². The van der Waals surface area contributed by atoms with Crippen LogP contribution in [0.3, 0.4) is 0 Å². The molecule has 12 nitrogen and oxygen atoms in total. The Bertz CT molecular complexity index is 1140. The van der Waals surface area contributed by atoms with Crippen molar-refractivity contribution in [2.75, 3.05) is 13.2 Å². The molecular formula is C26H39N5O7S. The van der Waals surface area contributed by atoms with E-state index in [4.69, 9.17) is 10.5 Å². The van der Waals surface area contributed by atoms with Crippen LogP contribution in [0, 0.1) is 11.8 Å². The fraction of sp³-hybridized carbons (Fsp3) is 0.769. The summed E-state index contributed by atoms with van der Waals surface area (Å²) < 4.78 is 32.5. The van der Waals surface area contributed by atoms with Gasteiger partial charge in [0, 0.05) is 18.5 Å². The van der Waals surface area contributed by atoms with Gasteiger partial charge in [-0.1, -0.05) is 25.0 Å². The Morgan fingerprint density at radius 2 is 1.90 bits per heavy atom. The molecular weight excluding hydrogens is 526 g/mol. The van der Waals surface area contributed by atoms with Gasteiger partial charge in [0.05, 0.1) is 11.9 Å². The van der Waals surface area contributed by atoms with Crippen molar-refractivity contribution in [2.45, 2.75) is 99.5 Å². The lowest BCUT2D eigenvalue weighted by Crippen LogP contribution is -2.58. The summed E-state index contributed by atoms with van der Waals surface area (Å²) in [5.74, 6) is -1.69. The summed E-state index contributed by atoms with van der Waals surface area (Å²) >= 11 is 0. The van der Waals surface area contributed by atoms with Gasteiger partial charge < -0.3 is 26.0 Å². The van der Waals surface area contributed by atoms with Gasteiger partial charge in [-0.15, -0.1) is 0 Å². The number of carbonyl (C=O) groups excluding carboxylic acids is 4. The second-order valence-electron chi connectivity index (χ2n) is 11.8. The smallest absolute Gasteiger partial charge is 0.407 e. The number of amides is 4. The highest BCUT2D eigenvalue weighted by Gasteiger charge is 2.62. The number of ether oxygens (including phenoxy) is 1. The monoisotopic (exact) mass is 565 g/mol. The van der Waals surface area contributed by atoms with Crippen molar-refractivity contribution in [3.8, 4) is 0 Å². The quantitative estimate of drug-likeness (QED) is 0.335. The molecule has 5 atom stereocenters. The zero-order chi connectivity index (χ0) is 27.8. The van der Waals surface area contributed by atoms with Gasteiger partial charge in [-0.2, -0.15) is 0 Å². The number of alkyl carbamates (subject to hydrolysis) is 1. The normalized spacial score (nSPS) is 34.4. The Morgan fingerprint density at radius 1 is 1.13 bits per heavy atom. The largest absolute Gasteiger partial charge is 0.449 e. The molecule has 4 fully saturated rings. The number of nitrogens with two attached hydrogens (primary N) is 1. The SMILES string of the molecule is N[C@@H]1C[C@H]2C(=O)N[C@]3(C(=O)NS(=O)(=O)C4CC4)C[C@H]3/C=C\CCCCC[C@H](NC(=O)OCC3CC3)C(=O)N2C1. The first-order valence-electron chi connectivity index (χ1n) is 14.1. The van der Waals surface area contributed by atoms with Crippen LogP contribution in [0.5, 0.6) is 0 Å². The van der Waals surface area contributed by atoms with Crippen molar-refractivity contribution in [1.82, 2.24) is 20.3 Å². The molecule has 0 aromatic rings. The van der Waals surface area contributed by atoms with Crippen LogP contribution in [0.4, 0.5) is 4.79 Å². The Labute approximate surface area is 228 Å². The third kappa shape index (κ3) is 6.56. The average molecular weight is 566 g/mol. The minimum atomic E-state index is -3.80. The van der Waals surface area contributed by atoms with Crippen LogP contribution in [-0.2, 0) is 29.1 Å². The fourth-order valence-corrected chi connectivity index (χ4v) is 6.86. The molecule has 2 heterocycles. The number of hydrogen-bond acceptors (Lipinski definition) is 8. The Hall–Kier alpha value is -2.67. The molecule has 5 aliphatic rings. The van der Waals surface area contributed by atoms with Gasteiger partial charge in [-0.05, 0) is 63.7 Å². The van der Waals surface area contributed by atoms with Crippen LogP contribution in [-0.4, -0.2) is 79.2 Å². The van der Waals surface area contributed by atoms with Crippen molar-refractivity contribution in [3.63, 3.8) is 0 Å². The highest BCUT2D eigenvalue weighted by molar-refractivity contribution is 7.91. The summed E-state index contributed by atoms with van der Waals surface area (Å²) in [6, 6.07) is -2.27. The minimum absolute atomic E-state index is 0.130. The number of nitrogens with one attached hydrogen (secondary N) is 3. The lowest BCUT2D eigenvalue weighted by atomic mass is 10.0. The maximum atomic E-state index is 13.7. The average Bonchev–Trinajstić information content (AvgIpc) is 3.76. The van der Waals surface area contributed by atoms with Crippen LogP contribution < -0.4 is 21.1 Å². The number of fused-ring (bicyclic) bond motifs is 2. The first kappa shape index (κ1) is 27.9. The van der Waals surface area contributed by atoms with Gasteiger partial charge >= 0.3 is 6.09 Å². The summed E-state index contributed by atoms with van der Waals surface area (Å²) in [7, 11) is -3.80. The first-order valence-corrected chi connectivity index (χ1v) is 15.7. The molecule has 3 aliphatic carbocycles. The standard InChI is InChI=1S/C26H39N5O7S/c27-18-12-21-22(32)29-26(24(34)30-39(36,37)19-10-11-19)13-17(26)6-4-2-1-3-5-7-20(23(33)31(21)14-18)28-25(35)38-15-16-8-9-16/h4,6,16-21H,1-3,5,7-15,27H2,(H,28,35)(H,29,32)(H,30,34)/b6-4-/t17-,18-,20+,21+,26-/m1/s1. The van der Waals surface area contributed by atoms with E-state index < -0.39 is 62.8 Å². The molecule has 0 radical (unpaired) electrons. The maximum Gasteiger partial charge on any atom is 0.407 e. The van der Waals surface area contributed by atoms with Gasteiger partial charge in [0.1, 0.15) is 17.6 Å². The number of hydrogen-bond donors (Lipinski definition) is 4. The number of nitrogens with zero attached hydrogens (tertiary/aromatic N) is 1. The predicted octanol–water partition coefficient (Wildman–Crippen LogP) is 0.423. The molecule has 0 aromatic carbocycles. The maximum absolute atomic E-state index is 13.7. The molecule has 216 valence electrons. The predicted molar refractivity (Wildman–Crippen MR) is 140 cm³/mol. The van der Waals surface area contributed by atoms with Crippen LogP contribution in [0.15, 0.2) is 12.2 Å². The summed E-state index contributed by atoms with van der Waals surface area (Å²) in [4.78, 5) is 54.3. The lowest BCUT2D eigenvalue weighted by Gasteiger charge is -2.30. The second kappa shape index (κ2) is 11.1. The summed E-state index contributed by atoms with van der Waals surface area (Å²) in [6.07, 6.45) is 10.2. The van der Waals surface area contributed by atoms with Gasteiger partial charge in [0.2, 0.25) is 21.8 Å². The highest BCUT2D eigenvalue weighted by Crippen LogP contribution is 2.46. The molecule has 5 rings (SSSR count). The van der Waals surface area contributed by atoms with Crippen molar-refractivity contribution < 1.29 is 32.3 Å². The Balaban J connectivity index is 1.34. The van der Waals surface area contributed by atoms with Crippen LogP contribution in [0.2, 0.25) is 0 Å². The summed E-state index contributed by atoms with van der Waals surface area (Å²) in [5, 5.41) is 4.92. The fourth-order valence-electron chi connectivity index (χ4n) is 5.49. The third-order valence-electron chi connectivity index (χ3n) is 8.35. The number of allylic oxidation sites excluding steroid dienone is 1. The van der Waals surface area contributed by atoms with E-state index in [0.717, 1.165) is 32.1 Å². The van der Waals surface area contributed by atoms with Crippen molar-refractivity contribution in [3.05, 3.63) is 12.2 Å². The van der Waals surface area contributed by atoms with Crippen LogP contribution in [0.1, 0.15) is 70.6 Å². The zero-order valence-electron chi connectivity index (χ0n) is 22.1. The number of rotatable bonds is 6. The summed E-state index contributed by atoms with van der Waals surface area (Å²) in [5.41, 5.74) is 4.77. The van der Waals surface area contributed by atoms with Gasteiger partial charge in [-0.3, -0.25) is 19.1 Å². The molecule has 0 spiro atoms. The van der Waals surface area contributed by atoms with Crippen LogP contribution in [0.25, 0.3) is 0 Å². The van der Waals surface area contributed by atoms with Gasteiger partial charge in [-0.25, -0.2) is 13.2 Å². The number of sulfonamides is 1. The molecule has 5 N–H and O–H groups in total. The molecule has 4 amide bonds. The molecule has 13 heteroatoms. The van der Waals surface area contributed by atoms with E-state index in [1.165, 1.54) is 4.90 Å². The molecule has 0 aromatic heterocycles. The van der Waals surface area contributed by atoms with E-state index in [-0.39, 0.29) is 25.3 Å². The zero-order valence-corrected chi connectivity index (χ0v) is 22.9. The van der Waals surface area contributed by atoms with E-state index in [9.17, 15) is 27.6 Å². The van der Waals surface area contributed by atoms with Gasteiger partial charge in [0.25, 0.3) is 5.91 Å². The number of carbonyl (C=O) groups is 4. The van der Waals surface area contributed by atoms with Gasteiger partial charge in [0.15, 0.2) is 0 Å². The molecule has 39 heavy (non-hydrogen) atoms. The van der Waals surface area contributed by atoms with Crippen molar-refractivity contribution in [1.29, 1.82) is 0 Å². The van der Waals surface area contributed by atoms with Crippen LogP contribution >= 0.6 is 0 Å². The molecule has 0 unspecified atom stereocenters. The third-order valence-corrected chi connectivity index (χ3v) is 10.2. The molecule has 2 aliphatic heterocycles. The highest BCUT2D eigenvalue weighted by atomic mass is 32.2. The first-order chi connectivity index (χ1) is 18.6. The Kier molecular flexibility index (Phi) is 7.91. The van der Waals surface area contributed by atoms with E-state index >= 15 is 0 Å². The lowest BCUT2D eigenvalue weighted by molar-refractivity contribution is -0.141. The minimum Gasteiger partial charge on any atom is -0.449 e. The van der Waals surface area contributed by atoms with Crippen molar-refractivity contribution >= 4 is 33.8 Å². The van der Waals surface area contributed by atoms with E-state index in [1.807, 2.05) is 12.2 Å².